The lowest BCUT2D eigenvalue weighted by atomic mass is 10.1. The summed E-state index contributed by atoms with van der Waals surface area (Å²) >= 11 is 0. The van der Waals surface area contributed by atoms with Crippen molar-refractivity contribution in [3.8, 4) is 0 Å². The molecule has 0 saturated carbocycles. The summed E-state index contributed by atoms with van der Waals surface area (Å²) in [6.07, 6.45) is -3.15. The molecule has 0 radical (unpaired) electrons. The molecule has 0 atom stereocenters. The summed E-state index contributed by atoms with van der Waals surface area (Å²) in [5.41, 5.74) is -0.282. The van der Waals surface area contributed by atoms with E-state index >= 15 is 0 Å². The number of aromatic nitrogens is 1. The molecule has 0 aliphatic rings. The minimum atomic E-state index is -4.56. The Morgan fingerprint density at radius 3 is 2.24 bits per heavy atom. The SMILES string of the molecule is CC(C)N(C(=O)Cn1cc(S(=O)(=O)Cc2cccc(C(F)(F)F)c2)c2ccccc21)C(C)C. The van der Waals surface area contributed by atoms with Gasteiger partial charge in [-0.3, -0.25) is 4.79 Å². The predicted molar refractivity (Wildman–Crippen MR) is 121 cm³/mol. The van der Waals surface area contributed by atoms with Gasteiger partial charge in [0.25, 0.3) is 0 Å². The number of carbonyl (C=O) groups excluding carboxylic acids is 1. The van der Waals surface area contributed by atoms with Gasteiger partial charge in [-0.25, -0.2) is 8.42 Å². The van der Waals surface area contributed by atoms with Crippen LogP contribution in [0, 0.1) is 0 Å². The second-order valence-electron chi connectivity index (χ2n) is 8.58. The van der Waals surface area contributed by atoms with Crippen molar-refractivity contribution in [1.82, 2.24) is 9.47 Å². The highest BCUT2D eigenvalue weighted by Crippen LogP contribution is 2.32. The van der Waals surface area contributed by atoms with Gasteiger partial charge in [0.2, 0.25) is 5.91 Å². The predicted octanol–water partition coefficient (Wildman–Crippen LogP) is 5.28. The molecule has 3 aromatic rings. The maximum absolute atomic E-state index is 13.2. The Morgan fingerprint density at radius 2 is 1.64 bits per heavy atom. The zero-order valence-corrected chi connectivity index (χ0v) is 19.7. The number of para-hydroxylation sites is 1. The number of nitrogens with zero attached hydrogens (tertiary/aromatic N) is 2. The molecular weight excluding hydrogens is 453 g/mol. The van der Waals surface area contributed by atoms with E-state index in [-0.39, 0.29) is 35.0 Å². The minimum Gasteiger partial charge on any atom is -0.337 e. The minimum absolute atomic E-state index is 0.0102. The first-order chi connectivity index (χ1) is 15.3. The van der Waals surface area contributed by atoms with E-state index in [1.165, 1.54) is 18.3 Å². The fourth-order valence-electron chi connectivity index (χ4n) is 4.13. The number of carbonyl (C=O) groups is 1. The van der Waals surface area contributed by atoms with Gasteiger partial charge in [-0.2, -0.15) is 13.2 Å². The van der Waals surface area contributed by atoms with Crippen LogP contribution in [-0.4, -0.2) is 35.9 Å². The summed E-state index contributed by atoms with van der Waals surface area (Å²) in [6, 6.07) is 11.1. The van der Waals surface area contributed by atoms with Gasteiger partial charge in [0.15, 0.2) is 9.84 Å². The zero-order valence-electron chi connectivity index (χ0n) is 18.9. The lowest BCUT2D eigenvalue weighted by Gasteiger charge is -2.31. The molecule has 3 rings (SSSR count). The monoisotopic (exact) mass is 480 g/mol. The van der Waals surface area contributed by atoms with Crippen LogP contribution >= 0.6 is 0 Å². The van der Waals surface area contributed by atoms with Gasteiger partial charge in [-0.05, 0) is 45.4 Å². The molecule has 9 heteroatoms. The number of hydrogen-bond acceptors (Lipinski definition) is 3. The first-order valence-corrected chi connectivity index (χ1v) is 12.2. The van der Waals surface area contributed by atoms with Gasteiger partial charge in [-0.15, -0.1) is 0 Å². The molecule has 1 heterocycles. The van der Waals surface area contributed by atoms with Gasteiger partial charge < -0.3 is 9.47 Å². The number of sulfone groups is 1. The summed E-state index contributed by atoms with van der Waals surface area (Å²) in [5.74, 6) is -0.731. The van der Waals surface area contributed by atoms with E-state index in [2.05, 4.69) is 0 Å². The summed E-state index contributed by atoms with van der Waals surface area (Å²) < 4.78 is 67.2. The highest BCUT2D eigenvalue weighted by molar-refractivity contribution is 7.90. The van der Waals surface area contributed by atoms with E-state index in [0.29, 0.717) is 10.9 Å². The molecule has 0 aliphatic carbocycles. The van der Waals surface area contributed by atoms with E-state index in [9.17, 15) is 26.4 Å². The molecule has 1 amide bonds. The molecule has 0 unspecified atom stereocenters. The van der Waals surface area contributed by atoms with Crippen molar-refractivity contribution in [2.75, 3.05) is 0 Å². The highest BCUT2D eigenvalue weighted by Gasteiger charge is 2.31. The fraction of sp³-hybridized carbons (Fsp3) is 0.375. The smallest absolute Gasteiger partial charge is 0.337 e. The maximum atomic E-state index is 13.2. The second-order valence-corrected chi connectivity index (χ2v) is 10.5. The molecule has 0 saturated heterocycles. The van der Waals surface area contributed by atoms with Crippen LogP contribution in [0.25, 0.3) is 10.9 Å². The van der Waals surface area contributed by atoms with Gasteiger partial charge in [0.1, 0.15) is 6.54 Å². The largest absolute Gasteiger partial charge is 0.416 e. The van der Waals surface area contributed by atoms with Crippen molar-refractivity contribution < 1.29 is 26.4 Å². The molecule has 178 valence electrons. The Balaban J connectivity index is 2.00. The molecule has 0 fully saturated rings. The van der Waals surface area contributed by atoms with Crippen molar-refractivity contribution in [3.63, 3.8) is 0 Å². The van der Waals surface area contributed by atoms with Gasteiger partial charge in [0.05, 0.1) is 16.2 Å². The number of amides is 1. The van der Waals surface area contributed by atoms with Crippen LogP contribution in [0.4, 0.5) is 13.2 Å². The normalized spacial score (nSPS) is 12.6. The van der Waals surface area contributed by atoms with Crippen LogP contribution < -0.4 is 0 Å². The molecule has 1 aromatic heterocycles. The maximum Gasteiger partial charge on any atom is 0.416 e. The summed E-state index contributed by atoms with van der Waals surface area (Å²) in [7, 11) is -3.98. The average molecular weight is 481 g/mol. The van der Waals surface area contributed by atoms with Crippen molar-refractivity contribution >= 4 is 26.6 Å². The molecule has 0 N–H and O–H groups in total. The van der Waals surface area contributed by atoms with Gasteiger partial charge >= 0.3 is 6.18 Å². The molecule has 33 heavy (non-hydrogen) atoms. The van der Waals surface area contributed by atoms with E-state index in [1.54, 1.807) is 33.7 Å². The topological polar surface area (TPSA) is 59.4 Å². The molecule has 0 spiro atoms. The second kappa shape index (κ2) is 9.21. The zero-order chi connectivity index (χ0) is 24.6. The molecule has 2 aromatic carbocycles. The van der Waals surface area contributed by atoms with Crippen LogP contribution in [0.2, 0.25) is 0 Å². The number of rotatable bonds is 7. The van der Waals surface area contributed by atoms with Crippen molar-refractivity contribution in [1.29, 1.82) is 0 Å². The molecule has 0 bridgehead atoms. The van der Waals surface area contributed by atoms with Crippen LogP contribution in [0.3, 0.4) is 0 Å². The highest BCUT2D eigenvalue weighted by atomic mass is 32.2. The Kier molecular flexibility index (Phi) is 6.93. The van der Waals surface area contributed by atoms with Gasteiger partial charge in [0, 0.05) is 29.2 Å². The third-order valence-corrected chi connectivity index (χ3v) is 7.11. The van der Waals surface area contributed by atoms with Crippen LogP contribution in [0.5, 0.6) is 0 Å². The van der Waals surface area contributed by atoms with Crippen LogP contribution in [-0.2, 0) is 33.1 Å². The van der Waals surface area contributed by atoms with Crippen molar-refractivity contribution in [2.45, 2.75) is 63.1 Å². The lowest BCUT2D eigenvalue weighted by Crippen LogP contribution is -2.43. The molecule has 5 nitrogen and oxygen atoms in total. The number of hydrogen-bond donors (Lipinski definition) is 0. The standard InChI is InChI=1S/C24H27F3N2O3S/c1-16(2)29(17(3)4)23(30)14-28-13-22(20-10-5-6-11-21(20)28)33(31,32)15-18-8-7-9-19(12-18)24(25,26)27/h5-13,16-17H,14-15H2,1-4H3. The Bertz CT molecular complexity index is 1250. The van der Waals surface area contributed by atoms with E-state index in [1.807, 2.05) is 27.7 Å². The third kappa shape index (κ3) is 5.40. The van der Waals surface area contributed by atoms with Crippen molar-refractivity contribution in [2.24, 2.45) is 0 Å². The Labute approximate surface area is 191 Å². The van der Waals surface area contributed by atoms with E-state index < -0.39 is 27.3 Å². The molecular formula is C24H27F3N2O3S. The van der Waals surface area contributed by atoms with E-state index in [0.717, 1.165) is 12.1 Å². The first kappa shape index (κ1) is 24.8. The number of benzene rings is 2. The number of fused-ring (bicyclic) bond motifs is 1. The average Bonchev–Trinajstić information content (AvgIpc) is 3.06. The fourth-order valence-corrected chi connectivity index (χ4v) is 5.70. The van der Waals surface area contributed by atoms with Crippen LogP contribution in [0.1, 0.15) is 38.8 Å². The summed E-state index contributed by atoms with van der Waals surface area (Å²) in [6.45, 7) is 7.61. The Morgan fingerprint density at radius 1 is 1.00 bits per heavy atom. The number of alkyl halides is 3. The summed E-state index contributed by atoms with van der Waals surface area (Å²) in [5, 5.41) is 0.429. The third-order valence-electron chi connectivity index (χ3n) is 5.40. The molecule has 0 aliphatic heterocycles. The quantitative estimate of drug-likeness (QED) is 0.462. The van der Waals surface area contributed by atoms with Gasteiger partial charge in [-0.1, -0.05) is 36.4 Å². The first-order valence-electron chi connectivity index (χ1n) is 10.6. The number of halogens is 3. The lowest BCUT2D eigenvalue weighted by molar-refractivity contribution is -0.137. The van der Waals surface area contributed by atoms with E-state index in [4.69, 9.17) is 0 Å². The summed E-state index contributed by atoms with van der Waals surface area (Å²) in [4.78, 5) is 14.7. The Hall–Kier alpha value is -2.81. The van der Waals surface area contributed by atoms with Crippen molar-refractivity contribution in [3.05, 3.63) is 65.9 Å². The van der Waals surface area contributed by atoms with Crippen LogP contribution in [0.15, 0.2) is 59.6 Å².